The van der Waals surface area contributed by atoms with Gasteiger partial charge in [0.2, 0.25) is 0 Å². The average molecular weight is 239 g/mol. The van der Waals surface area contributed by atoms with Crippen molar-refractivity contribution < 1.29 is 0 Å². The molecule has 1 aromatic carbocycles. The Morgan fingerprint density at radius 1 is 1.40 bits per heavy atom. The van der Waals surface area contributed by atoms with Crippen LogP contribution in [0.5, 0.6) is 0 Å². The van der Waals surface area contributed by atoms with Crippen LogP contribution in [-0.2, 0) is 6.42 Å². The first-order valence-electron chi connectivity index (χ1n) is 4.76. The zero-order valence-electron chi connectivity index (χ0n) is 8.33. The van der Waals surface area contributed by atoms with Gasteiger partial charge in [-0.15, -0.1) is 11.3 Å². The number of nitrogens with zero attached hydrogens (tertiary/aromatic N) is 1. The minimum Gasteiger partial charge on any atom is -0.330 e. The zero-order chi connectivity index (χ0) is 10.7. The van der Waals surface area contributed by atoms with Gasteiger partial charge in [-0.25, -0.2) is 4.98 Å². The van der Waals surface area contributed by atoms with Gasteiger partial charge in [0, 0.05) is 11.1 Å². The number of halogens is 1. The van der Waals surface area contributed by atoms with Crippen molar-refractivity contribution in [2.45, 2.75) is 13.3 Å². The number of anilines is 2. The van der Waals surface area contributed by atoms with Crippen molar-refractivity contribution in [3.63, 3.8) is 0 Å². The van der Waals surface area contributed by atoms with E-state index < -0.39 is 0 Å². The second-order valence-corrected chi connectivity index (χ2v) is 4.61. The van der Waals surface area contributed by atoms with E-state index in [1.54, 1.807) is 11.3 Å². The van der Waals surface area contributed by atoms with E-state index in [1.807, 2.05) is 30.5 Å². The molecule has 2 rings (SSSR count). The first-order chi connectivity index (χ1) is 7.29. The van der Waals surface area contributed by atoms with E-state index in [9.17, 15) is 0 Å². The fraction of sp³-hybridized carbons (Fsp3) is 0.182. The van der Waals surface area contributed by atoms with Gasteiger partial charge in [0.25, 0.3) is 0 Å². The number of benzene rings is 1. The van der Waals surface area contributed by atoms with Crippen molar-refractivity contribution in [1.82, 2.24) is 4.98 Å². The molecule has 0 unspecified atom stereocenters. The number of aromatic nitrogens is 1. The largest absolute Gasteiger partial charge is 0.330 e. The van der Waals surface area contributed by atoms with Crippen LogP contribution < -0.4 is 5.32 Å². The number of hydrogen-bond acceptors (Lipinski definition) is 3. The Morgan fingerprint density at radius 3 is 2.87 bits per heavy atom. The lowest BCUT2D eigenvalue weighted by atomic mass is 10.3. The molecule has 0 amide bonds. The maximum absolute atomic E-state index is 6.03. The highest BCUT2D eigenvalue weighted by Crippen LogP contribution is 2.27. The van der Waals surface area contributed by atoms with E-state index >= 15 is 0 Å². The highest BCUT2D eigenvalue weighted by molar-refractivity contribution is 7.15. The molecule has 1 N–H and O–H groups in total. The van der Waals surface area contributed by atoms with Gasteiger partial charge >= 0.3 is 0 Å². The predicted molar refractivity (Wildman–Crippen MR) is 66.2 cm³/mol. The molecule has 1 heterocycles. The Kier molecular flexibility index (Phi) is 3.23. The third-order valence-corrected chi connectivity index (χ3v) is 3.40. The molecule has 2 aromatic rings. The Bertz CT molecular complexity index is 453. The maximum Gasteiger partial charge on any atom is 0.187 e. The molecule has 0 saturated carbocycles. The van der Waals surface area contributed by atoms with Crippen molar-refractivity contribution in [3.8, 4) is 0 Å². The summed E-state index contributed by atoms with van der Waals surface area (Å²) in [4.78, 5) is 5.54. The summed E-state index contributed by atoms with van der Waals surface area (Å²) in [7, 11) is 0. The number of rotatable bonds is 3. The molecule has 0 saturated heterocycles. The van der Waals surface area contributed by atoms with Crippen LogP contribution in [0.2, 0.25) is 5.02 Å². The van der Waals surface area contributed by atoms with Crippen LogP contribution in [-0.4, -0.2) is 4.98 Å². The Balaban J connectivity index is 2.18. The standard InChI is InChI=1S/C11H11ClN2S/c1-2-8-7-13-11(15-8)14-10-6-4-3-5-9(10)12/h3-7H,2H2,1H3,(H,13,14). The molecule has 0 spiro atoms. The molecule has 0 radical (unpaired) electrons. The summed E-state index contributed by atoms with van der Waals surface area (Å²) >= 11 is 7.68. The number of para-hydroxylation sites is 1. The molecule has 4 heteroatoms. The van der Waals surface area contributed by atoms with E-state index in [0.717, 1.165) is 17.2 Å². The molecule has 0 atom stereocenters. The molecule has 0 fully saturated rings. The lowest BCUT2D eigenvalue weighted by molar-refractivity contribution is 1.17. The van der Waals surface area contributed by atoms with Crippen molar-refractivity contribution in [2.24, 2.45) is 0 Å². The first kappa shape index (κ1) is 10.5. The van der Waals surface area contributed by atoms with Gasteiger partial charge in [-0.2, -0.15) is 0 Å². The second-order valence-electron chi connectivity index (χ2n) is 3.09. The molecular weight excluding hydrogens is 228 g/mol. The van der Waals surface area contributed by atoms with Gasteiger partial charge in [0.1, 0.15) is 0 Å². The van der Waals surface area contributed by atoms with E-state index in [4.69, 9.17) is 11.6 Å². The van der Waals surface area contributed by atoms with Crippen LogP contribution in [0, 0.1) is 0 Å². The minimum atomic E-state index is 0.714. The molecule has 1 aromatic heterocycles. The van der Waals surface area contributed by atoms with Crippen LogP contribution in [0.1, 0.15) is 11.8 Å². The first-order valence-corrected chi connectivity index (χ1v) is 5.95. The van der Waals surface area contributed by atoms with E-state index in [-0.39, 0.29) is 0 Å². The molecule has 0 aliphatic carbocycles. The maximum atomic E-state index is 6.03. The Morgan fingerprint density at radius 2 is 2.20 bits per heavy atom. The highest BCUT2D eigenvalue weighted by Gasteiger charge is 2.02. The SMILES string of the molecule is CCc1cnc(Nc2ccccc2Cl)s1. The summed E-state index contributed by atoms with van der Waals surface area (Å²) in [5.41, 5.74) is 0.899. The Labute approximate surface area is 97.9 Å². The molecule has 0 bridgehead atoms. The topological polar surface area (TPSA) is 24.9 Å². The van der Waals surface area contributed by atoms with Crippen LogP contribution in [0.25, 0.3) is 0 Å². The number of aryl methyl sites for hydroxylation is 1. The van der Waals surface area contributed by atoms with Crippen molar-refractivity contribution >= 4 is 33.8 Å². The lowest BCUT2D eigenvalue weighted by Crippen LogP contribution is -1.88. The van der Waals surface area contributed by atoms with Gasteiger partial charge in [-0.05, 0) is 18.6 Å². The van der Waals surface area contributed by atoms with Gasteiger partial charge in [-0.3, -0.25) is 0 Å². The molecule has 15 heavy (non-hydrogen) atoms. The summed E-state index contributed by atoms with van der Waals surface area (Å²) in [6.45, 7) is 2.12. The van der Waals surface area contributed by atoms with Crippen LogP contribution >= 0.6 is 22.9 Å². The van der Waals surface area contributed by atoms with E-state index in [2.05, 4.69) is 17.2 Å². The molecule has 78 valence electrons. The normalized spacial score (nSPS) is 10.3. The fourth-order valence-electron chi connectivity index (χ4n) is 1.21. The van der Waals surface area contributed by atoms with E-state index in [1.165, 1.54) is 4.88 Å². The summed E-state index contributed by atoms with van der Waals surface area (Å²) in [6, 6.07) is 7.66. The molecule has 0 aliphatic rings. The van der Waals surface area contributed by atoms with Crippen LogP contribution in [0.4, 0.5) is 10.8 Å². The summed E-state index contributed by atoms with van der Waals surface area (Å²) in [6.07, 6.45) is 2.91. The van der Waals surface area contributed by atoms with Crippen molar-refractivity contribution in [1.29, 1.82) is 0 Å². The molecule has 0 aliphatic heterocycles. The van der Waals surface area contributed by atoms with Gasteiger partial charge in [0.05, 0.1) is 10.7 Å². The van der Waals surface area contributed by atoms with Crippen LogP contribution in [0.3, 0.4) is 0 Å². The van der Waals surface area contributed by atoms with Crippen molar-refractivity contribution in [3.05, 3.63) is 40.4 Å². The number of nitrogens with one attached hydrogen (secondary N) is 1. The highest BCUT2D eigenvalue weighted by atomic mass is 35.5. The van der Waals surface area contributed by atoms with E-state index in [0.29, 0.717) is 5.02 Å². The minimum absolute atomic E-state index is 0.714. The van der Waals surface area contributed by atoms with Gasteiger partial charge in [0.15, 0.2) is 5.13 Å². The average Bonchev–Trinajstić information content (AvgIpc) is 2.69. The van der Waals surface area contributed by atoms with Gasteiger partial charge < -0.3 is 5.32 Å². The third-order valence-electron chi connectivity index (χ3n) is 2.02. The van der Waals surface area contributed by atoms with Crippen molar-refractivity contribution in [2.75, 3.05) is 5.32 Å². The monoisotopic (exact) mass is 238 g/mol. The molecular formula is C11H11ClN2S. The quantitative estimate of drug-likeness (QED) is 0.871. The number of thiazole rings is 1. The smallest absolute Gasteiger partial charge is 0.187 e. The predicted octanol–water partition coefficient (Wildman–Crippen LogP) is 4.10. The fourth-order valence-corrected chi connectivity index (χ4v) is 2.15. The zero-order valence-corrected chi connectivity index (χ0v) is 9.90. The molecule has 2 nitrogen and oxygen atoms in total. The summed E-state index contributed by atoms with van der Waals surface area (Å²) in [5.74, 6) is 0. The van der Waals surface area contributed by atoms with Gasteiger partial charge in [-0.1, -0.05) is 30.7 Å². The second kappa shape index (κ2) is 4.64. The number of hydrogen-bond donors (Lipinski definition) is 1. The Hall–Kier alpha value is -1.06. The lowest BCUT2D eigenvalue weighted by Gasteiger charge is -2.03. The van der Waals surface area contributed by atoms with Crippen LogP contribution in [0.15, 0.2) is 30.5 Å². The third kappa shape index (κ3) is 2.49. The summed E-state index contributed by atoms with van der Waals surface area (Å²) in [5, 5.41) is 4.80. The summed E-state index contributed by atoms with van der Waals surface area (Å²) < 4.78 is 0.